The molecule has 0 saturated heterocycles. The predicted octanol–water partition coefficient (Wildman–Crippen LogP) is 1.92. The highest BCUT2D eigenvalue weighted by atomic mass is 16.5. The normalized spacial score (nSPS) is 11.1. The van der Waals surface area contributed by atoms with E-state index in [0.717, 1.165) is 17.8 Å². The number of nitrogens with zero attached hydrogens (tertiary/aromatic N) is 4. The highest BCUT2D eigenvalue weighted by Gasteiger charge is 2.16. The number of hydrogen-bond acceptors (Lipinski definition) is 5. The average molecular weight is 286 g/mol. The van der Waals surface area contributed by atoms with Gasteiger partial charge >= 0.3 is 5.97 Å². The molecule has 2 heterocycles. The third-order valence-corrected chi connectivity index (χ3v) is 3.36. The van der Waals surface area contributed by atoms with Gasteiger partial charge in [-0.25, -0.2) is 9.78 Å². The molecule has 21 heavy (non-hydrogen) atoms. The van der Waals surface area contributed by atoms with Gasteiger partial charge in [-0.2, -0.15) is 4.98 Å². The van der Waals surface area contributed by atoms with Crippen molar-refractivity contribution in [1.82, 2.24) is 19.7 Å². The van der Waals surface area contributed by atoms with Gasteiger partial charge in [0.1, 0.15) is 11.3 Å². The number of carboxylic acids is 1. The summed E-state index contributed by atoms with van der Waals surface area (Å²) in [4.78, 5) is 19.7. The van der Waals surface area contributed by atoms with Crippen LogP contribution < -0.4 is 0 Å². The summed E-state index contributed by atoms with van der Waals surface area (Å²) in [5.74, 6) is 0.427. The van der Waals surface area contributed by atoms with Crippen molar-refractivity contribution in [3.8, 4) is 0 Å². The lowest BCUT2D eigenvalue weighted by Crippen LogP contribution is -2.05. The Morgan fingerprint density at radius 2 is 2.29 bits per heavy atom. The number of carbonyl (C=O) groups is 1. The summed E-state index contributed by atoms with van der Waals surface area (Å²) in [5.41, 5.74) is 1.55. The zero-order chi connectivity index (χ0) is 14.8. The molecule has 7 nitrogen and oxygen atoms in total. The number of aryl methyl sites for hydroxylation is 3. The van der Waals surface area contributed by atoms with Crippen molar-refractivity contribution in [3.63, 3.8) is 0 Å². The Hall–Kier alpha value is -2.70. The maximum absolute atomic E-state index is 11.3. The molecule has 3 aromatic rings. The van der Waals surface area contributed by atoms with Crippen LogP contribution in [0.15, 0.2) is 29.0 Å². The van der Waals surface area contributed by atoms with Gasteiger partial charge in [0.2, 0.25) is 5.89 Å². The summed E-state index contributed by atoms with van der Waals surface area (Å²) in [6, 6.07) is 5.18. The Labute approximate surface area is 120 Å². The number of carboxylic acid groups (broad SMARTS) is 1. The minimum Gasteiger partial charge on any atom is -0.478 e. The van der Waals surface area contributed by atoms with E-state index in [2.05, 4.69) is 15.1 Å². The third-order valence-electron chi connectivity index (χ3n) is 3.36. The Balaban J connectivity index is 2.04. The van der Waals surface area contributed by atoms with Crippen molar-refractivity contribution in [2.45, 2.75) is 26.3 Å². The number of rotatable bonds is 5. The van der Waals surface area contributed by atoms with Crippen LogP contribution >= 0.6 is 0 Å². The Kier molecular flexibility index (Phi) is 3.39. The molecule has 2 aromatic heterocycles. The van der Waals surface area contributed by atoms with Crippen LogP contribution in [0.2, 0.25) is 0 Å². The summed E-state index contributed by atoms with van der Waals surface area (Å²) in [6.45, 7) is 2.61. The smallest absolute Gasteiger partial charge is 0.337 e. The van der Waals surface area contributed by atoms with Gasteiger partial charge in [-0.1, -0.05) is 18.1 Å². The molecule has 1 N–H and O–H groups in total. The van der Waals surface area contributed by atoms with Gasteiger partial charge < -0.3 is 14.2 Å². The molecule has 0 aliphatic carbocycles. The van der Waals surface area contributed by atoms with Crippen LogP contribution in [0.25, 0.3) is 11.0 Å². The van der Waals surface area contributed by atoms with Crippen LogP contribution in [0, 0.1) is 0 Å². The molecule has 0 atom stereocenters. The first-order valence-corrected chi connectivity index (χ1v) is 6.67. The first-order valence-electron chi connectivity index (χ1n) is 6.67. The number of imidazole rings is 1. The van der Waals surface area contributed by atoms with Crippen LogP contribution in [0.4, 0.5) is 0 Å². The quantitative estimate of drug-likeness (QED) is 0.770. The molecular formula is C14H14N4O3. The van der Waals surface area contributed by atoms with E-state index in [9.17, 15) is 9.90 Å². The molecule has 0 amide bonds. The Bertz CT molecular complexity index is 777. The van der Waals surface area contributed by atoms with E-state index in [4.69, 9.17) is 4.52 Å². The fourth-order valence-corrected chi connectivity index (χ4v) is 2.40. The number of aromatic carboxylic acids is 1. The average Bonchev–Trinajstić information content (AvgIpc) is 3.11. The summed E-state index contributed by atoms with van der Waals surface area (Å²) < 4.78 is 7.00. The first kappa shape index (κ1) is 13.3. The summed E-state index contributed by atoms with van der Waals surface area (Å²) in [7, 11) is 0. The molecule has 0 fully saturated rings. The Morgan fingerprint density at radius 3 is 2.95 bits per heavy atom. The van der Waals surface area contributed by atoms with Gasteiger partial charge in [0, 0.05) is 19.4 Å². The molecule has 0 aliphatic heterocycles. The topological polar surface area (TPSA) is 94.0 Å². The zero-order valence-electron chi connectivity index (χ0n) is 11.5. The monoisotopic (exact) mass is 286 g/mol. The highest BCUT2D eigenvalue weighted by molar-refractivity contribution is 6.01. The van der Waals surface area contributed by atoms with Gasteiger partial charge in [0.05, 0.1) is 11.1 Å². The van der Waals surface area contributed by atoms with Crippen molar-refractivity contribution in [3.05, 3.63) is 41.8 Å². The SMILES string of the molecule is CCc1nc2c(C(=O)O)cccc2n1CCc1ncno1. The molecular weight excluding hydrogens is 272 g/mol. The van der Waals surface area contributed by atoms with E-state index < -0.39 is 5.97 Å². The van der Waals surface area contributed by atoms with Gasteiger partial charge in [-0.05, 0) is 12.1 Å². The molecule has 0 unspecified atom stereocenters. The molecule has 0 aliphatic rings. The molecule has 3 rings (SSSR count). The van der Waals surface area contributed by atoms with Gasteiger partial charge in [0.25, 0.3) is 0 Å². The van der Waals surface area contributed by atoms with E-state index in [-0.39, 0.29) is 5.56 Å². The number of hydrogen-bond donors (Lipinski definition) is 1. The van der Waals surface area contributed by atoms with Crippen LogP contribution in [0.3, 0.4) is 0 Å². The molecule has 0 saturated carbocycles. The van der Waals surface area contributed by atoms with Crippen molar-refractivity contribution < 1.29 is 14.4 Å². The maximum atomic E-state index is 11.3. The second-order valence-electron chi connectivity index (χ2n) is 4.60. The first-order chi connectivity index (χ1) is 10.2. The second-order valence-corrected chi connectivity index (χ2v) is 4.60. The standard InChI is InChI=1S/C14H14N4O3/c1-2-11-17-13-9(14(19)20)4-3-5-10(13)18(11)7-6-12-15-8-16-21-12/h3-5,8H,2,6-7H2,1H3,(H,19,20). The summed E-state index contributed by atoms with van der Waals surface area (Å²) in [6.07, 6.45) is 2.66. The van der Waals surface area contributed by atoms with Crippen LogP contribution in [-0.4, -0.2) is 30.8 Å². The zero-order valence-corrected chi connectivity index (χ0v) is 11.5. The van der Waals surface area contributed by atoms with E-state index in [1.165, 1.54) is 6.33 Å². The largest absolute Gasteiger partial charge is 0.478 e. The Morgan fingerprint density at radius 1 is 1.43 bits per heavy atom. The molecule has 0 bridgehead atoms. The van der Waals surface area contributed by atoms with Crippen molar-refractivity contribution in [2.75, 3.05) is 0 Å². The number of fused-ring (bicyclic) bond motifs is 1. The lowest BCUT2D eigenvalue weighted by atomic mass is 10.2. The molecule has 7 heteroatoms. The van der Waals surface area contributed by atoms with Crippen LogP contribution in [0.5, 0.6) is 0 Å². The summed E-state index contributed by atoms with van der Waals surface area (Å²) in [5, 5.41) is 12.8. The molecule has 1 aromatic carbocycles. The van der Waals surface area contributed by atoms with E-state index in [1.807, 2.05) is 17.6 Å². The van der Waals surface area contributed by atoms with Crippen molar-refractivity contribution in [1.29, 1.82) is 0 Å². The minimum absolute atomic E-state index is 0.221. The molecule has 0 radical (unpaired) electrons. The van der Waals surface area contributed by atoms with Gasteiger partial charge in [-0.3, -0.25) is 0 Å². The summed E-state index contributed by atoms with van der Waals surface area (Å²) >= 11 is 0. The van der Waals surface area contributed by atoms with Gasteiger partial charge in [-0.15, -0.1) is 0 Å². The van der Waals surface area contributed by atoms with E-state index >= 15 is 0 Å². The maximum Gasteiger partial charge on any atom is 0.337 e. The predicted molar refractivity (Wildman–Crippen MR) is 74.1 cm³/mol. The third kappa shape index (κ3) is 2.37. The van der Waals surface area contributed by atoms with Crippen LogP contribution in [0.1, 0.15) is 29.0 Å². The molecule has 0 spiro atoms. The van der Waals surface area contributed by atoms with Crippen molar-refractivity contribution >= 4 is 17.0 Å². The van der Waals surface area contributed by atoms with E-state index in [0.29, 0.717) is 24.4 Å². The highest BCUT2D eigenvalue weighted by Crippen LogP contribution is 2.21. The lowest BCUT2D eigenvalue weighted by molar-refractivity contribution is 0.0699. The van der Waals surface area contributed by atoms with Crippen molar-refractivity contribution in [2.24, 2.45) is 0 Å². The second kappa shape index (κ2) is 5.35. The fourth-order valence-electron chi connectivity index (χ4n) is 2.40. The lowest BCUT2D eigenvalue weighted by Gasteiger charge is -2.06. The number of aromatic nitrogens is 4. The van der Waals surface area contributed by atoms with Crippen LogP contribution in [-0.2, 0) is 19.4 Å². The number of benzene rings is 1. The number of para-hydroxylation sites is 1. The minimum atomic E-state index is -0.968. The molecule has 108 valence electrons. The van der Waals surface area contributed by atoms with Gasteiger partial charge in [0.15, 0.2) is 6.33 Å². The fraction of sp³-hybridized carbons (Fsp3) is 0.286. The van der Waals surface area contributed by atoms with E-state index in [1.54, 1.807) is 12.1 Å².